The second kappa shape index (κ2) is 5.83. The molecule has 110 valence electrons. The number of carboxylic acids is 1. The second-order valence-corrected chi connectivity index (χ2v) is 4.94. The molecule has 2 aromatic rings. The standard InChI is InChI=1S/C16H18N2O3/c1-9-5-6-13(21-4)12(7-9)18-15-14(16(19)20)10(2)8-11(3)17-15/h5-8H,1-4H3,(H,17,18)(H,19,20). The van der Waals surface area contributed by atoms with Gasteiger partial charge in [0.05, 0.1) is 12.8 Å². The number of benzene rings is 1. The summed E-state index contributed by atoms with van der Waals surface area (Å²) in [5.41, 5.74) is 3.33. The van der Waals surface area contributed by atoms with Crippen molar-refractivity contribution < 1.29 is 14.6 Å². The highest BCUT2D eigenvalue weighted by atomic mass is 16.5. The van der Waals surface area contributed by atoms with Gasteiger partial charge in [0.25, 0.3) is 0 Å². The number of carboxylic acid groups (broad SMARTS) is 1. The molecule has 1 heterocycles. The molecule has 2 N–H and O–H groups in total. The van der Waals surface area contributed by atoms with Crippen LogP contribution in [0.2, 0.25) is 0 Å². The third-order valence-corrected chi connectivity index (χ3v) is 3.17. The number of nitrogens with zero attached hydrogens (tertiary/aromatic N) is 1. The van der Waals surface area contributed by atoms with Gasteiger partial charge in [-0.25, -0.2) is 9.78 Å². The van der Waals surface area contributed by atoms with Gasteiger partial charge in [-0.2, -0.15) is 0 Å². The lowest BCUT2D eigenvalue weighted by atomic mass is 10.1. The maximum absolute atomic E-state index is 11.5. The minimum atomic E-state index is -1.01. The summed E-state index contributed by atoms with van der Waals surface area (Å²) in [6, 6.07) is 7.41. The van der Waals surface area contributed by atoms with Gasteiger partial charge in [-0.1, -0.05) is 6.07 Å². The van der Waals surface area contributed by atoms with Crippen molar-refractivity contribution in [3.05, 3.63) is 46.6 Å². The molecular formula is C16H18N2O3. The molecule has 0 aliphatic rings. The molecule has 0 spiro atoms. The molecule has 0 fully saturated rings. The van der Waals surface area contributed by atoms with Crippen molar-refractivity contribution >= 4 is 17.5 Å². The van der Waals surface area contributed by atoms with Crippen LogP contribution in [0.4, 0.5) is 11.5 Å². The maximum Gasteiger partial charge on any atom is 0.339 e. The summed E-state index contributed by atoms with van der Waals surface area (Å²) in [4.78, 5) is 15.8. The minimum Gasteiger partial charge on any atom is -0.495 e. The van der Waals surface area contributed by atoms with E-state index in [-0.39, 0.29) is 5.56 Å². The van der Waals surface area contributed by atoms with Crippen molar-refractivity contribution in [1.82, 2.24) is 4.98 Å². The lowest BCUT2D eigenvalue weighted by Crippen LogP contribution is -2.09. The predicted molar refractivity (Wildman–Crippen MR) is 81.7 cm³/mol. The zero-order chi connectivity index (χ0) is 15.6. The number of hydrogen-bond donors (Lipinski definition) is 2. The molecule has 0 radical (unpaired) electrons. The van der Waals surface area contributed by atoms with Gasteiger partial charge in [0.2, 0.25) is 0 Å². The van der Waals surface area contributed by atoms with Crippen LogP contribution in [-0.4, -0.2) is 23.2 Å². The third-order valence-electron chi connectivity index (χ3n) is 3.17. The van der Waals surface area contributed by atoms with E-state index in [1.165, 1.54) is 0 Å². The number of hydrogen-bond acceptors (Lipinski definition) is 4. The Balaban J connectivity index is 2.53. The zero-order valence-electron chi connectivity index (χ0n) is 12.5. The summed E-state index contributed by atoms with van der Waals surface area (Å²) in [6.07, 6.45) is 0. The van der Waals surface area contributed by atoms with Crippen LogP contribution in [-0.2, 0) is 0 Å². The molecule has 5 heteroatoms. The van der Waals surface area contributed by atoms with Crippen molar-refractivity contribution in [3.63, 3.8) is 0 Å². The van der Waals surface area contributed by atoms with E-state index in [4.69, 9.17) is 4.74 Å². The van der Waals surface area contributed by atoms with Crippen molar-refractivity contribution in [3.8, 4) is 5.75 Å². The molecule has 1 aromatic carbocycles. The highest BCUT2D eigenvalue weighted by Crippen LogP contribution is 2.30. The van der Waals surface area contributed by atoms with Crippen LogP contribution in [0.5, 0.6) is 5.75 Å². The van der Waals surface area contributed by atoms with Gasteiger partial charge >= 0.3 is 5.97 Å². The molecule has 0 bridgehead atoms. The average molecular weight is 286 g/mol. The second-order valence-electron chi connectivity index (χ2n) is 4.94. The topological polar surface area (TPSA) is 71.5 Å². The number of carbonyl (C=O) groups is 1. The molecule has 0 amide bonds. The number of aryl methyl sites for hydroxylation is 3. The van der Waals surface area contributed by atoms with Gasteiger partial charge in [0.1, 0.15) is 17.1 Å². The van der Waals surface area contributed by atoms with E-state index in [0.717, 1.165) is 11.3 Å². The SMILES string of the molecule is COc1ccc(C)cc1Nc1nc(C)cc(C)c1C(=O)O. The molecule has 0 atom stereocenters. The Morgan fingerprint density at radius 2 is 1.95 bits per heavy atom. The quantitative estimate of drug-likeness (QED) is 0.900. The lowest BCUT2D eigenvalue weighted by Gasteiger charge is -2.15. The highest BCUT2D eigenvalue weighted by Gasteiger charge is 2.17. The molecule has 0 aliphatic heterocycles. The summed E-state index contributed by atoms with van der Waals surface area (Å²) in [7, 11) is 1.57. The van der Waals surface area contributed by atoms with Crippen LogP contribution < -0.4 is 10.1 Å². The first-order valence-corrected chi connectivity index (χ1v) is 6.55. The Bertz CT molecular complexity index is 696. The molecule has 0 saturated carbocycles. The normalized spacial score (nSPS) is 10.3. The Morgan fingerprint density at radius 3 is 2.57 bits per heavy atom. The molecule has 0 unspecified atom stereocenters. The first kappa shape index (κ1) is 14.8. The van der Waals surface area contributed by atoms with E-state index in [1.54, 1.807) is 20.1 Å². The van der Waals surface area contributed by atoms with Crippen LogP contribution in [0.1, 0.15) is 27.2 Å². The molecule has 0 saturated heterocycles. The number of aromatic nitrogens is 1. The van der Waals surface area contributed by atoms with E-state index in [1.807, 2.05) is 32.0 Å². The van der Waals surface area contributed by atoms with Crippen LogP contribution in [0.3, 0.4) is 0 Å². The third kappa shape index (κ3) is 3.13. The van der Waals surface area contributed by atoms with Gasteiger partial charge in [-0.3, -0.25) is 0 Å². The summed E-state index contributed by atoms with van der Waals surface area (Å²) in [5, 5.41) is 12.5. The molecule has 0 aliphatic carbocycles. The van der Waals surface area contributed by atoms with Crippen LogP contribution in [0, 0.1) is 20.8 Å². The largest absolute Gasteiger partial charge is 0.495 e. The van der Waals surface area contributed by atoms with E-state index in [0.29, 0.717) is 22.8 Å². The van der Waals surface area contributed by atoms with Crippen molar-refractivity contribution in [2.75, 3.05) is 12.4 Å². The lowest BCUT2D eigenvalue weighted by molar-refractivity contribution is 0.0697. The number of ether oxygens (including phenoxy) is 1. The van der Waals surface area contributed by atoms with Gasteiger partial charge in [0.15, 0.2) is 0 Å². The van der Waals surface area contributed by atoms with Crippen molar-refractivity contribution in [2.24, 2.45) is 0 Å². The van der Waals surface area contributed by atoms with E-state index >= 15 is 0 Å². The van der Waals surface area contributed by atoms with Crippen LogP contribution in [0.15, 0.2) is 24.3 Å². The van der Waals surface area contributed by atoms with Gasteiger partial charge in [-0.15, -0.1) is 0 Å². The Labute approximate surface area is 123 Å². The molecule has 1 aromatic heterocycles. The van der Waals surface area contributed by atoms with E-state index in [9.17, 15) is 9.90 Å². The Kier molecular flexibility index (Phi) is 4.12. The Hall–Kier alpha value is -2.56. The fraction of sp³-hybridized carbons (Fsp3) is 0.250. The van der Waals surface area contributed by atoms with Crippen LogP contribution >= 0.6 is 0 Å². The van der Waals surface area contributed by atoms with Gasteiger partial charge in [0, 0.05) is 5.69 Å². The number of nitrogens with one attached hydrogen (secondary N) is 1. The fourth-order valence-corrected chi connectivity index (χ4v) is 2.24. The molecule has 5 nitrogen and oxygen atoms in total. The maximum atomic E-state index is 11.5. The monoisotopic (exact) mass is 286 g/mol. The number of methoxy groups -OCH3 is 1. The average Bonchev–Trinajstić information content (AvgIpc) is 2.37. The summed E-state index contributed by atoms with van der Waals surface area (Å²) >= 11 is 0. The number of anilines is 2. The first-order chi connectivity index (χ1) is 9.92. The summed E-state index contributed by atoms with van der Waals surface area (Å²) < 4.78 is 5.30. The minimum absolute atomic E-state index is 0.171. The van der Waals surface area contributed by atoms with Gasteiger partial charge < -0.3 is 15.2 Å². The Morgan fingerprint density at radius 1 is 1.24 bits per heavy atom. The van der Waals surface area contributed by atoms with Crippen LogP contribution in [0.25, 0.3) is 0 Å². The molecule has 21 heavy (non-hydrogen) atoms. The van der Waals surface area contributed by atoms with Crippen molar-refractivity contribution in [1.29, 1.82) is 0 Å². The smallest absolute Gasteiger partial charge is 0.339 e. The number of pyridine rings is 1. The first-order valence-electron chi connectivity index (χ1n) is 6.55. The number of rotatable bonds is 4. The predicted octanol–water partition coefficient (Wildman–Crippen LogP) is 3.46. The molecular weight excluding hydrogens is 268 g/mol. The number of aromatic carboxylic acids is 1. The summed E-state index contributed by atoms with van der Waals surface area (Å²) in [5.74, 6) is -0.0454. The van der Waals surface area contributed by atoms with Gasteiger partial charge in [-0.05, 0) is 50.1 Å². The van der Waals surface area contributed by atoms with E-state index in [2.05, 4.69) is 10.3 Å². The highest BCUT2D eigenvalue weighted by molar-refractivity contribution is 5.96. The molecule has 2 rings (SSSR count). The van der Waals surface area contributed by atoms with Crippen molar-refractivity contribution in [2.45, 2.75) is 20.8 Å². The van der Waals surface area contributed by atoms with E-state index < -0.39 is 5.97 Å². The fourth-order valence-electron chi connectivity index (χ4n) is 2.24. The zero-order valence-corrected chi connectivity index (χ0v) is 12.5. The summed E-state index contributed by atoms with van der Waals surface area (Å²) in [6.45, 7) is 5.55.